The molecule has 2 heterocycles. The van der Waals surface area contributed by atoms with E-state index in [2.05, 4.69) is 34.5 Å². The van der Waals surface area contributed by atoms with E-state index in [-0.39, 0.29) is 40.1 Å². The van der Waals surface area contributed by atoms with Gasteiger partial charge in [0.15, 0.2) is 0 Å². The molecule has 37 heavy (non-hydrogen) atoms. The Morgan fingerprint density at radius 1 is 0.973 bits per heavy atom. The number of carbonyl (C=O) groups is 1. The summed E-state index contributed by atoms with van der Waals surface area (Å²) in [5, 5.41) is 3.20. The lowest BCUT2D eigenvalue weighted by Gasteiger charge is -2.35. The number of nitrogens with zero attached hydrogens (tertiary/aromatic N) is 2. The van der Waals surface area contributed by atoms with Crippen LogP contribution in [-0.4, -0.2) is 69.0 Å². The van der Waals surface area contributed by atoms with E-state index in [0.29, 0.717) is 25.4 Å². The van der Waals surface area contributed by atoms with Crippen molar-refractivity contribution in [2.45, 2.75) is 49.6 Å². The van der Waals surface area contributed by atoms with Gasteiger partial charge in [-0.05, 0) is 55.8 Å². The fourth-order valence-corrected chi connectivity index (χ4v) is 7.98. The third-order valence-corrected chi connectivity index (χ3v) is 9.95. The second-order valence-corrected chi connectivity index (χ2v) is 12.5. The SMILES string of the molecule is O=C(COCC1CCCCN1S(=O)(=O)c1c(Cl)cccc1Cl)NCC1CCCN(Cc2ccccc2)C1. The fraction of sp³-hybridized carbons (Fsp3) is 0.519. The normalized spacial score (nSPS) is 21.6. The molecule has 0 spiro atoms. The lowest BCUT2D eigenvalue weighted by molar-refractivity contribution is -0.126. The van der Waals surface area contributed by atoms with Crippen LogP contribution < -0.4 is 5.32 Å². The topological polar surface area (TPSA) is 78.9 Å². The van der Waals surface area contributed by atoms with Gasteiger partial charge in [-0.2, -0.15) is 4.31 Å². The Morgan fingerprint density at radius 3 is 2.49 bits per heavy atom. The monoisotopic (exact) mass is 567 g/mol. The van der Waals surface area contributed by atoms with Crippen molar-refractivity contribution in [3.8, 4) is 0 Å². The zero-order valence-electron chi connectivity index (χ0n) is 21.0. The van der Waals surface area contributed by atoms with Crippen molar-refractivity contribution in [3.05, 3.63) is 64.1 Å². The molecule has 2 aliphatic rings. The molecule has 7 nitrogen and oxygen atoms in total. The Balaban J connectivity index is 1.24. The second-order valence-electron chi connectivity index (χ2n) is 9.86. The molecule has 4 rings (SSSR count). The first-order chi connectivity index (χ1) is 17.8. The highest BCUT2D eigenvalue weighted by atomic mass is 35.5. The minimum atomic E-state index is -3.89. The molecule has 0 aliphatic carbocycles. The molecular formula is C27H35Cl2N3O4S. The summed E-state index contributed by atoms with van der Waals surface area (Å²) >= 11 is 12.4. The molecule has 2 saturated heterocycles. The number of amides is 1. The Kier molecular flexibility index (Phi) is 10.3. The van der Waals surface area contributed by atoms with Crippen LogP contribution in [0.3, 0.4) is 0 Å². The largest absolute Gasteiger partial charge is 0.370 e. The van der Waals surface area contributed by atoms with Crippen LogP contribution in [0.4, 0.5) is 0 Å². The third kappa shape index (κ3) is 7.68. The highest BCUT2D eigenvalue weighted by Gasteiger charge is 2.36. The number of hydrogen-bond acceptors (Lipinski definition) is 5. The van der Waals surface area contributed by atoms with E-state index in [9.17, 15) is 13.2 Å². The van der Waals surface area contributed by atoms with Gasteiger partial charge in [0.1, 0.15) is 11.5 Å². The van der Waals surface area contributed by atoms with Gasteiger partial charge in [-0.25, -0.2) is 8.42 Å². The van der Waals surface area contributed by atoms with Gasteiger partial charge in [0, 0.05) is 32.2 Å². The van der Waals surface area contributed by atoms with Crippen LogP contribution in [0.1, 0.15) is 37.7 Å². The van der Waals surface area contributed by atoms with Gasteiger partial charge >= 0.3 is 0 Å². The van der Waals surface area contributed by atoms with Gasteiger partial charge < -0.3 is 10.1 Å². The predicted molar refractivity (Wildman–Crippen MR) is 146 cm³/mol. The van der Waals surface area contributed by atoms with Crippen LogP contribution in [0.2, 0.25) is 10.0 Å². The Bertz CT molecular complexity index is 1130. The summed E-state index contributed by atoms with van der Waals surface area (Å²) in [6, 6.07) is 14.7. The minimum Gasteiger partial charge on any atom is -0.370 e. The molecular weight excluding hydrogens is 533 g/mol. The molecule has 0 radical (unpaired) electrons. The van der Waals surface area contributed by atoms with Crippen molar-refractivity contribution in [2.24, 2.45) is 5.92 Å². The molecule has 2 unspecified atom stereocenters. The molecule has 2 aromatic rings. The van der Waals surface area contributed by atoms with Gasteiger partial charge in [0.2, 0.25) is 15.9 Å². The van der Waals surface area contributed by atoms with E-state index >= 15 is 0 Å². The molecule has 0 bridgehead atoms. The third-order valence-electron chi connectivity index (χ3n) is 7.04. The maximum absolute atomic E-state index is 13.4. The summed E-state index contributed by atoms with van der Waals surface area (Å²) in [7, 11) is -3.89. The summed E-state index contributed by atoms with van der Waals surface area (Å²) in [5.74, 6) is 0.223. The number of sulfonamides is 1. The Morgan fingerprint density at radius 2 is 1.73 bits per heavy atom. The summed E-state index contributed by atoms with van der Waals surface area (Å²) in [6.45, 7) is 3.97. The van der Waals surface area contributed by atoms with E-state index < -0.39 is 10.0 Å². The number of hydrogen-bond donors (Lipinski definition) is 1. The van der Waals surface area contributed by atoms with Gasteiger partial charge in [0.05, 0.1) is 16.7 Å². The van der Waals surface area contributed by atoms with Crippen LogP contribution in [0.25, 0.3) is 0 Å². The zero-order valence-corrected chi connectivity index (χ0v) is 23.3. The molecule has 202 valence electrons. The Labute approximate surface area is 230 Å². The predicted octanol–water partition coefficient (Wildman–Crippen LogP) is 4.58. The standard InChI is InChI=1S/C27H35Cl2N3O4S/c28-24-12-6-13-25(29)27(24)37(34,35)32-15-5-4-11-23(32)19-36-20-26(33)30-16-22-10-7-14-31(18-22)17-21-8-2-1-3-9-21/h1-3,6,8-9,12-13,22-23H,4-5,7,10-11,14-20H2,(H,30,33). The smallest absolute Gasteiger partial charge is 0.246 e. The second kappa shape index (κ2) is 13.4. The average molecular weight is 569 g/mol. The van der Waals surface area contributed by atoms with E-state index in [4.69, 9.17) is 27.9 Å². The van der Waals surface area contributed by atoms with Crippen molar-refractivity contribution in [1.29, 1.82) is 0 Å². The van der Waals surface area contributed by atoms with Gasteiger partial charge in [-0.15, -0.1) is 0 Å². The Hall–Kier alpha value is -1.68. The van der Waals surface area contributed by atoms with E-state index in [1.807, 2.05) is 6.07 Å². The zero-order chi connectivity index (χ0) is 26.3. The fourth-order valence-electron chi connectivity index (χ4n) is 5.20. The first-order valence-corrected chi connectivity index (χ1v) is 15.1. The van der Waals surface area contributed by atoms with Crippen molar-refractivity contribution in [1.82, 2.24) is 14.5 Å². The highest BCUT2D eigenvalue weighted by Crippen LogP contribution is 2.34. The maximum atomic E-state index is 13.4. The molecule has 1 amide bonds. The van der Waals surface area contributed by atoms with Crippen LogP contribution in [0.5, 0.6) is 0 Å². The van der Waals surface area contributed by atoms with Crippen molar-refractivity contribution >= 4 is 39.1 Å². The van der Waals surface area contributed by atoms with Crippen LogP contribution in [0.15, 0.2) is 53.4 Å². The number of piperidine rings is 2. The molecule has 2 aliphatic heterocycles. The molecule has 0 aromatic heterocycles. The van der Waals surface area contributed by atoms with Gasteiger partial charge in [-0.1, -0.05) is 66.0 Å². The molecule has 10 heteroatoms. The molecule has 2 atom stereocenters. The van der Waals surface area contributed by atoms with E-state index in [0.717, 1.165) is 45.3 Å². The summed E-state index contributed by atoms with van der Waals surface area (Å²) in [4.78, 5) is 14.8. The van der Waals surface area contributed by atoms with Crippen LogP contribution >= 0.6 is 23.2 Å². The number of rotatable bonds is 10. The first-order valence-electron chi connectivity index (χ1n) is 12.9. The van der Waals surface area contributed by atoms with E-state index in [1.165, 1.54) is 22.0 Å². The molecule has 2 aromatic carbocycles. The lowest BCUT2D eigenvalue weighted by atomic mass is 9.97. The number of carbonyl (C=O) groups excluding carboxylic acids is 1. The van der Waals surface area contributed by atoms with Crippen molar-refractivity contribution in [3.63, 3.8) is 0 Å². The molecule has 2 fully saturated rings. The molecule has 0 saturated carbocycles. The van der Waals surface area contributed by atoms with Crippen LogP contribution in [0, 0.1) is 5.92 Å². The molecule has 1 N–H and O–H groups in total. The number of likely N-dealkylation sites (tertiary alicyclic amines) is 1. The highest BCUT2D eigenvalue weighted by molar-refractivity contribution is 7.89. The lowest BCUT2D eigenvalue weighted by Crippen LogP contribution is -2.46. The van der Waals surface area contributed by atoms with E-state index in [1.54, 1.807) is 6.07 Å². The average Bonchev–Trinajstić information content (AvgIpc) is 2.88. The summed E-state index contributed by atoms with van der Waals surface area (Å²) in [5.41, 5.74) is 1.30. The number of halogens is 2. The van der Waals surface area contributed by atoms with Crippen molar-refractivity contribution < 1.29 is 17.9 Å². The first kappa shape index (κ1) is 28.3. The maximum Gasteiger partial charge on any atom is 0.246 e. The minimum absolute atomic E-state index is 0.0724. The van der Waals surface area contributed by atoms with Crippen LogP contribution in [-0.2, 0) is 26.1 Å². The van der Waals surface area contributed by atoms with Gasteiger partial charge in [-0.3, -0.25) is 9.69 Å². The number of benzene rings is 2. The number of nitrogens with one attached hydrogen (secondary N) is 1. The van der Waals surface area contributed by atoms with Crippen molar-refractivity contribution in [2.75, 3.05) is 39.4 Å². The quantitative estimate of drug-likeness (QED) is 0.454. The summed E-state index contributed by atoms with van der Waals surface area (Å²) < 4.78 is 33.9. The number of ether oxygens (including phenoxy) is 1. The van der Waals surface area contributed by atoms with Gasteiger partial charge in [0.25, 0.3) is 0 Å². The summed E-state index contributed by atoms with van der Waals surface area (Å²) in [6.07, 6.45) is 4.50.